The van der Waals surface area contributed by atoms with E-state index in [1.807, 2.05) is 6.92 Å². The van der Waals surface area contributed by atoms with E-state index in [4.69, 9.17) is 0 Å². The minimum absolute atomic E-state index is 0.144. The molecule has 0 atom stereocenters. The zero-order chi connectivity index (χ0) is 13.3. The first-order valence-corrected chi connectivity index (χ1v) is 6.19. The van der Waals surface area contributed by atoms with Gasteiger partial charge in [0.1, 0.15) is 5.82 Å². The molecule has 2 amide bonds. The maximum Gasteiger partial charge on any atom is 0.321 e. The van der Waals surface area contributed by atoms with Gasteiger partial charge in [0.25, 0.3) is 0 Å². The van der Waals surface area contributed by atoms with Crippen LogP contribution < -0.4 is 5.32 Å². The molecular weight excluding hydrogens is 231 g/mol. The maximum atomic E-state index is 13.1. The highest BCUT2D eigenvalue weighted by atomic mass is 19.1. The molecule has 1 aliphatic heterocycles. The van der Waals surface area contributed by atoms with E-state index in [1.165, 1.54) is 12.1 Å². The third kappa shape index (κ3) is 2.81. The van der Waals surface area contributed by atoms with E-state index < -0.39 is 0 Å². The predicted octanol–water partition coefficient (Wildman–Crippen LogP) is 3.40. The largest absolute Gasteiger partial charge is 0.324 e. The normalized spacial score (nSPS) is 17.9. The smallest absolute Gasteiger partial charge is 0.321 e. The Morgan fingerprint density at radius 2 is 2.17 bits per heavy atom. The lowest BCUT2D eigenvalue weighted by Gasteiger charge is -2.20. The highest BCUT2D eigenvalue weighted by Gasteiger charge is 2.32. The second-order valence-corrected chi connectivity index (χ2v) is 5.73. The van der Waals surface area contributed by atoms with Crippen LogP contribution in [0.4, 0.5) is 14.9 Å². The zero-order valence-electron chi connectivity index (χ0n) is 11.1. The lowest BCUT2D eigenvalue weighted by molar-refractivity contribution is 0.217. The van der Waals surface area contributed by atoms with Crippen LogP contribution in [-0.4, -0.2) is 24.0 Å². The van der Waals surface area contributed by atoms with Crippen molar-refractivity contribution in [2.45, 2.75) is 27.2 Å². The van der Waals surface area contributed by atoms with Gasteiger partial charge in [0.05, 0.1) is 0 Å². The molecule has 98 valence electrons. The van der Waals surface area contributed by atoms with Crippen LogP contribution in [-0.2, 0) is 0 Å². The molecule has 1 saturated heterocycles. The minimum atomic E-state index is -0.336. The van der Waals surface area contributed by atoms with E-state index in [0.717, 1.165) is 25.1 Å². The molecule has 1 N–H and O–H groups in total. The molecule has 0 saturated carbocycles. The van der Waals surface area contributed by atoms with E-state index in [1.54, 1.807) is 11.0 Å². The number of benzene rings is 1. The number of nitrogens with one attached hydrogen (secondary N) is 1. The van der Waals surface area contributed by atoms with Crippen LogP contribution in [0.15, 0.2) is 18.2 Å². The van der Waals surface area contributed by atoms with Crippen molar-refractivity contribution in [1.82, 2.24) is 4.90 Å². The number of carbonyl (C=O) groups excluding carboxylic acids is 1. The fraction of sp³-hybridized carbons (Fsp3) is 0.500. The summed E-state index contributed by atoms with van der Waals surface area (Å²) in [7, 11) is 0. The summed E-state index contributed by atoms with van der Waals surface area (Å²) in [6, 6.07) is 4.27. The number of anilines is 1. The number of carbonyl (C=O) groups is 1. The Bertz CT molecular complexity index is 471. The fourth-order valence-corrected chi connectivity index (χ4v) is 2.21. The SMILES string of the molecule is Cc1ccc(F)cc1NC(=O)N1CCC(C)(C)C1. The molecule has 1 aromatic rings. The van der Waals surface area contributed by atoms with Crippen LogP contribution in [0, 0.1) is 18.2 Å². The van der Waals surface area contributed by atoms with Crippen molar-refractivity contribution in [3.05, 3.63) is 29.6 Å². The number of rotatable bonds is 1. The van der Waals surface area contributed by atoms with Gasteiger partial charge in [-0.2, -0.15) is 0 Å². The van der Waals surface area contributed by atoms with Gasteiger partial charge < -0.3 is 10.2 Å². The van der Waals surface area contributed by atoms with Crippen molar-refractivity contribution in [2.75, 3.05) is 18.4 Å². The maximum absolute atomic E-state index is 13.1. The summed E-state index contributed by atoms with van der Waals surface area (Å²) in [5.41, 5.74) is 1.59. The summed E-state index contributed by atoms with van der Waals surface area (Å²) in [5.74, 6) is -0.336. The molecule has 1 aromatic carbocycles. The molecule has 2 rings (SSSR count). The quantitative estimate of drug-likeness (QED) is 0.814. The number of hydrogen-bond acceptors (Lipinski definition) is 1. The third-order valence-electron chi connectivity index (χ3n) is 3.41. The molecule has 18 heavy (non-hydrogen) atoms. The van der Waals surface area contributed by atoms with Crippen molar-refractivity contribution in [1.29, 1.82) is 0 Å². The first-order valence-electron chi connectivity index (χ1n) is 6.19. The number of amides is 2. The molecule has 0 bridgehead atoms. The molecular formula is C14H19FN2O. The average Bonchev–Trinajstić information content (AvgIpc) is 2.64. The van der Waals surface area contributed by atoms with Crippen LogP contribution in [0.2, 0.25) is 0 Å². The number of hydrogen-bond donors (Lipinski definition) is 1. The molecule has 1 aliphatic rings. The van der Waals surface area contributed by atoms with Gasteiger partial charge in [-0.05, 0) is 36.5 Å². The molecule has 0 radical (unpaired) electrons. The van der Waals surface area contributed by atoms with Crippen LogP contribution >= 0.6 is 0 Å². The first kappa shape index (κ1) is 12.9. The van der Waals surface area contributed by atoms with E-state index >= 15 is 0 Å². The standard InChI is InChI=1S/C14H19FN2O/c1-10-4-5-11(15)8-12(10)16-13(18)17-7-6-14(2,3)9-17/h4-5,8H,6-7,9H2,1-3H3,(H,16,18). The van der Waals surface area contributed by atoms with E-state index in [2.05, 4.69) is 19.2 Å². The van der Waals surface area contributed by atoms with Crippen LogP contribution in [0.3, 0.4) is 0 Å². The Morgan fingerprint density at radius 1 is 1.44 bits per heavy atom. The van der Waals surface area contributed by atoms with Crippen molar-refractivity contribution in [3.8, 4) is 0 Å². The molecule has 0 aliphatic carbocycles. The van der Waals surface area contributed by atoms with Crippen molar-refractivity contribution in [3.63, 3.8) is 0 Å². The summed E-state index contributed by atoms with van der Waals surface area (Å²) < 4.78 is 13.1. The van der Waals surface area contributed by atoms with Gasteiger partial charge >= 0.3 is 6.03 Å². The molecule has 0 aromatic heterocycles. The second kappa shape index (κ2) is 4.59. The highest BCUT2D eigenvalue weighted by molar-refractivity contribution is 5.90. The lowest BCUT2D eigenvalue weighted by atomic mass is 9.93. The van der Waals surface area contributed by atoms with Crippen LogP contribution in [0.5, 0.6) is 0 Å². The van der Waals surface area contributed by atoms with Crippen LogP contribution in [0.25, 0.3) is 0 Å². The van der Waals surface area contributed by atoms with Gasteiger partial charge in [0.2, 0.25) is 0 Å². The lowest BCUT2D eigenvalue weighted by Crippen LogP contribution is -2.34. The Hall–Kier alpha value is -1.58. The van der Waals surface area contributed by atoms with Gasteiger partial charge in [-0.15, -0.1) is 0 Å². The zero-order valence-corrected chi connectivity index (χ0v) is 11.1. The van der Waals surface area contributed by atoms with E-state index in [9.17, 15) is 9.18 Å². The Kier molecular flexibility index (Phi) is 3.28. The number of urea groups is 1. The predicted molar refractivity (Wildman–Crippen MR) is 70.1 cm³/mol. The summed E-state index contributed by atoms with van der Waals surface area (Å²) in [4.78, 5) is 13.8. The van der Waals surface area contributed by atoms with Crippen molar-refractivity contribution >= 4 is 11.7 Å². The highest BCUT2D eigenvalue weighted by Crippen LogP contribution is 2.29. The average molecular weight is 250 g/mol. The molecule has 1 fully saturated rings. The van der Waals surface area contributed by atoms with E-state index in [0.29, 0.717) is 5.69 Å². The molecule has 0 unspecified atom stereocenters. The Labute approximate surface area is 107 Å². The third-order valence-corrected chi connectivity index (χ3v) is 3.41. The van der Waals surface area contributed by atoms with Crippen molar-refractivity contribution < 1.29 is 9.18 Å². The summed E-state index contributed by atoms with van der Waals surface area (Å²) in [5, 5.41) is 2.78. The summed E-state index contributed by atoms with van der Waals surface area (Å²) >= 11 is 0. The second-order valence-electron chi connectivity index (χ2n) is 5.73. The van der Waals surface area contributed by atoms with E-state index in [-0.39, 0.29) is 17.3 Å². The molecule has 3 nitrogen and oxygen atoms in total. The van der Waals surface area contributed by atoms with Gasteiger partial charge in [0, 0.05) is 18.8 Å². The number of nitrogens with zero attached hydrogens (tertiary/aromatic N) is 1. The molecule has 1 heterocycles. The number of likely N-dealkylation sites (tertiary alicyclic amines) is 1. The minimum Gasteiger partial charge on any atom is -0.324 e. The Morgan fingerprint density at radius 3 is 2.78 bits per heavy atom. The van der Waals surface area contributed by atoms with Gasteiger partial charge in [-0.3, -0.25) is 0 Å². The Balaban J connectivity index is 2.06. The number of aryl methyl sites for hydroxylation is 1. The van der Waals surface area contributed by atoms with Crippen LogP contribution in [0.1, 0.15) is 25.8 Å². The van der Waals surface area contributed by atoms with Gasteiger partial charge in [0.15, 0.2) is 0 Å². The summed E-state index contributed by atoms with van der Waals surface area (Å²) in [6.45, 7) is 7.64. The van der Waals surface area contributed by atoms with Gasteiger partial charge in [-0.1, -0.05) is 19.9 Å². The summed E-state index contributed by atoms with van der Waals surface area (Å²) in [6.07, 6.45) is 1.00. The molecule has 4 heteroatoms. The number of halogens is 1. The van der Waals surface area contributed by atoms with Gasteiger partial charge in [-0.25, -0.2) is 9.18 Å². The topological polar surface area (TPSA) is 32.3 Å². The monoisotopic (exact) mass is 250 g/mol. The first-order chi connectivity index (χ1) is 8.37. The fourth-order valence-electron chi connectivity index (χ4n) is 2.21. The van der Waals surface area contributed by atoms with Crippen molar-refractivity contribution in [2.24, 2.45) is 5.41 Å². The molecule has 0 spiro atoms.